The first-order valence-corrected chi connectivity index (χ1v) is 3.39. The number of carbonyl (C=O) groups is 1. The van der Waals surface area contributed by atoms with Crippen LogP contribution in [0.5, 0.6) is 0 Å². The van der Waals surface area contributed by atoms with E-state index in [-0.39, 0.29) is 6.54 Å². The zero-order valence-electron chi connectivity index (χ0n) is 6.61. The van der Waals surface area contributed by atoms with Crippen LogP contribution in [0.4, 0.5) is 13.2 Å². The van der Waals surface area contributed by atoms with Crippen molar-refractivity contribution in [3.8, 4) is 0 Å². The van der Waals surface area contributed by atoms with Crippen LogP contribution < -0.4 is 11.1 Å². The van der Waals surface area contributed by atoms with Gasteiger partial charge in [0.05, 0.1) is 6.54 Å². The Morgan fingerprint density at radius 1 is 1.67 bits per heavy atom. The molecule has 0 fully saturated rings. The maximum atomic E-state index is 12.3. The number of rotatable bonds is 5. The van der Waals surface area contributed by atoms with Gasteiger partial charge in [0.25, 0.3) is 5.91 Å². The minimum atomic E-state index is -3.60. The van der Waals surface area contributed by atoms with E-state index in [1.165, 1.54) is 6.92 Å². The number of carbonyl (C=O) groups excluding carboxylic acids is 1. The van der Waals surface area contributed by atoms with E-state index in [9.17, 15) is 18.0 Å². The first kappa shape index (κ1) is 11.2. The molecule has 72 valence electrons. The second-order valence-corrected chi connectivity index (χ2v) is 2.48. The van der Waals surface area contributed by atoms with Crippen LogP contribution in [0.3, 0.4) is 0 Å². The van der Waals surface area contributed by atoms with Gasteiger partial charge in [0.1, 0.15) is 6.17 Å². The molecule has 0 spiro atoms. The molecule has 0 aromatic carbocycles. The molecule has 0 aliphatic carbocycles. The smallest absolute Gasteiger partial charge is 0.336 e. The molecule has 1 atom stereocenters. The van der Waals surface area contributed by atoms with Crippen molar-refractivity contribution in [2.24, 2.45) is 5.73 Å². The van der Waals surface area contributed by atoms with Gasteiger partial charge in [0.2, 0.25) is 0 Å². The summed E-state index contributed by atoms with van der Waals surface area (Å²) in [6.07, 6.45) is -1.23. The van der Waals surface area contributed by atoms with Gasteiger partial charge < -0.3 is 11.1 Å². The number of hydrogen-bond donors (Lipinski definition) is 2. The van der Waals surface area contributed by atoms with Crippen molar-refractivity contribution in [3.05, 3.63) is 0 Å². The van der Waals surface area contributed by atoms with E-state index in [0.29, 0.717) is 0 Å². The minimum absolute atomic E-state index is 0.219. The first-order chi connectivity index (χ1) is 5.36. The number of nitrogens with one attached hydrogen (secondary N) is 1. The van der Waals surface area contributed by atoms with Crippen LogP contribution in [0.25, 0.3) is 0 Å². The molecule has 0 aliphatic heterocycles. The van der Waals surface area contributed by atoms with Crippen molar-refractivity contribution < 1.29 is 18.0 Å². The highest BCUT2D eigenvalue weighted by atomic mass is 19.3. The molecule has 3 nitrogen and oxygen atoms in total. The fourth-order valence-corrected chi connectivity index (χ4v) is 0.515. The van der Waals surface area contributed by atoms with Crippen LogP contribution in [0.15, 0.2) is 0 Å². The molecule has 0 aliphatic rings. The highest BCUT2D eigenvalue weighted by Gasteiger charge is 2.35. The van der Waals surface area contributed by atoms with Crippen LogP contribution in [0.2, 0.25) is 0 Å². The lowest BCUT2D eigenvalue weighted by Gasteiger charge is -2.12. The molecule has 0 saturated carbocycles. The van der Waals surface area contributed by atoms with Crippen molar-refractivity contribution in [1.29, 1.82) is 0 Å². The van der Waals surface area contributed by atoms with Crippen LogP contribution in [-0.2, 0) is 4.79 Å². The quantitative estimate of drug-likeness (QED) is 0.634. The topological polar surface area (TPSA) is 55.1 Å². The number of nitrogens with two attached hydrogens (primary N) is 1. The zero-order valence-corrected chi connectivity index (χ0v) is 6.61. The molecule has 0 rings (SSSR count). The number of primary amides is 1. The summed E-state index contributed by atoms with van der Waals surface area (Å²) in [7, 11) is 0. The van der Waals surface area contributed by atoms with Crippen molar-refractivity contribution in [2.75, 3.05) is 13.1 Å². The molecule has 1 unspecified atom stereocenters. The molecule has 12 heavy (non-hydrogen) atoms. The first-order valence-electron chi connectivity index (χ1n) is 3.39. The molecule has 0 radical (unpaired) electrons. The summed E-state index contributed by atoms with van der Waals surface area (Å²) < 4.78 is 36.7. The molecule has 3 N–H and O–H groups in total. The lowest BCUT2D eigenvalue weighted by Crippen LogP contribution is -2.45. The van der Waals surface area contributed by atoms with Crippen LogP contribution in [0, 0.1) is 0 Å². The van der Waals surface area contributed by atoms with Crippen LogP contribution in [-0.4, -0.2) is 31.1 Å². The molecular formula is C6H11F3N2O. The fourth-order valence-electron chi connectivity index (χ4n) is 0.515. The van der Waals surface area contributed by atoms with Crippen molar-refractivity contribution in [2.45, 2.75) is 19.0 Å². The Labute approximate surface area is 68.1 Å². The summed E-state index contributed by atoms with van der Waals surface area (Å²) in [5, 5.41) is 2.08. The maximum absolute atomic E-state index is 12.3. The number of hydrogen-bond acceptors (Lipinski definition) is 2. The molecule has 0 aromatic rings. The summed E-state index contributed by atoms with van der Waals surface area (Å²) in [6, 6.07) is 0. The van der Waals surface area contributed by atoms with Crippen LogP contribution in [0.1, 0.15) is 6.92 Å². The monoisotopic (exact) mass is 184 g/mol. The standard InChI is InChI=1S/C6H11F3N2O/c1-4(7)2-11-3-6(8,9)5(10)12/h4,11H,2-3H2,1H3,(H2,10,12). The SMILES string of the molecule is CC(F)CNCC(F)(F)C(N)=O. The van der Waals surface area contributed by atoms with Gasteiger partial charge in [-0.1, -0.05) is 0 Å². The van der Waals surface area contributed by atoms with E-state index in [1.807, 2.05) is 0 Å². The highest BCUT2D eigenvalue weighted by Crippen LogP contribution is 2.09. The molecule has 0 bridgehead atoms. The van der Waals surface area contributed by atoms with Gasteiger partial charge in [0, 0.05) is 6.54 Å². The van der Waals surface area contributed by atoms with E-state index in [0.717, 1.165) is 0 Å². The Morgan fingerprint density at radius 3 is 2.50 bits per heavy atom. The zero-order chi connectivity index (χ0) is 9.78. The third-order valence-corrected chi connectivity index (χ3v) is 1.13. The van der Waals surface area contributed by atoms with Gasteiger partial charge in [-0.05, 0) is 6.92 Å². The lowest BCUT2D eigenvalue weighted by atomic mass is 10.3. The molecule has 1 amide bonds. The highest BCUT2D eigenvalue weighted by molar-refractivity contribution is 5.81. The van der Waals surface area contributed by atoms with E-state index in [1.54, 1.807) is 0 Å². The summed E-state index contributed by atoms with van der Waals surface area (Å²) in [4.78, 5) is 10.0. The summed E-state index contributed by atoms with van der Waals surface area (Å²) in [5.74, 6) is -5.31. The minimum Gasteiger partial charge on any atom is -0.364 e. The average molecular weight is 184 g/mol. The second kappa shape index (κ2) is 4.30. The van der Waals surface area contributed by atoms with E-state index in [2.05, 4.69) is 11.1 Å². The maximum Gasteiger partial charge on any atom is 0.336 e. The third-order valence-electron chi connectivity index (χ3n) is 1.13. The summed E-state index contributed by atoms with van der Waals surface area (Å²) >= 11 is 0. The van der Waals surface area contributed by atoms with E-state index in [4.69, 9.17) is 0 Å². The Bertz CT molecular complexity index is 161. The number of halogens is 3. The predicted octanol–water partition coefficient (Wildman–Crippen LogP) is 0.0546. The van der Waals surface area contributed by atoms with Gasteiger partial charge in [-0.15, -0.1) is 0 Å². The Kier molecular flexibility index (Phi) is 4.02. The van der Waals surface area contributed by atoms with Crippen LogP contribution >= 0.6 is 0 Å². The number of amides is 1. The Morgan fingerprint density at radius 2 is 2.17 bits per heavy atom. The second-order valence-electron chi connectivity index (χ2n) is 2.48. The lowest BCUT2D eigenvalue weighted by molar-refractivity contribution is -0.141. The summed E-state index contributed by atoms with van der Waals surface area (Å²) in [6.45, 7) is 0.0782. The van der Waals surface area contributed by atoms with Crippen molar-refractivity contribution in [1.82, 2.24) is 5.32 Å². The average Bonchev–Trinajstić information content (AvgIpc) is 1.85. The Hall–Kier alpha value is -0.780. The molecule has 0 saturated heterocycles. The van der Waals surface area contributed by atoms with Crippen molar-refractivity contribution in [3.63, 3.8) is 0 Å². The predicted molar refractivity (Wildman–Crippen MR) is 37.6 cm³/mol. The van der Waals surface area contributed by atoms with Gasteiger partial charge in [0.15, 0.2) is 0 Å². The molecular weight excluding hydrogens is 173 g/mol. The molecule has 0 heterocycles. The van der Waals surface area contributed by atoms with Gasteiger partial charge in [-0.25, -0.2) is 4.39 Å². The molecule has 6 heteroatoms. The van der Waals surface area contributed by atoms with E-state index >= 15 is 0 Å². The van der Waals surface area contributed by atoms with Gasteiger partial charge in [-0.2, -0.15) is 8.78 Å². The van der Waals surface area contributed by atoms with E-state index < -0.39 is 24.5 Å². The summed E-state index contributed by atoms with van der Waals surface area (Å²) in [5.41, 5.74) is 4.36. The fraction of sp³-hybridized carbons (Fsp3) is 0.833. The normalized spacial score (nSPS) is 14.3. The van der Waals surface area contributed by atoms with Crippen molar-refractivity contribution >= 4 is 5.91 Å². The Balaban J connectivity index is 3.69. The van der Waals surface area contributed by atoms with Gasteiger partial charge >= 0.3 is 5.92 Å². The molecule has 0 aromatic heterocycles. The number of alkyl halides is 3. The third kappa shape index (κ3) is 4.17. The largest absolute Gasteiger partial charge is 0.364 e. The van der Waals surface area contributed by atoms with Gasteiger partial charge in [-0.3, -0.25) is 4.79 Å².